The smallest absolute Gasteiger partial charge is 0.132 e. The van der Waals surface area contributed by atoms with E-state index in [1.807, 2.05) is 37.3 Å². The Balaban J connectivity index is 1.40. The monoisotopic (exact) mass is 484 g/mol. The molecule has 0 saturated carbocycles. The van der Waals surface area contributed by atoms with Crippen molar-refractivity contribution in [3.8, 4) is 41.8 Å². The fraction of sp³-hybridized carbons (Fsp3) is 0.0370. The van der Waals surface area contributed by atoms with Crippen LogP contribution in [0.1, 0.15) is 5.56 Å². The van der Waals surface area contributed by atoms with Crippen LogP contribution >= 0.6 is 34.4 Å². The summed E-state index contributed by atoms with van der Waals surface area (Å²) >= 11 is 4.57. The van der Waals surface area contributed by atoms with E-state index in [1.165, 1.54) is 27.0 Å². The van der Waals surface area contributed by atoms with Crippen LogP contribution in [0.3, 0.4) is 0 Å². The van der Waals surface area contributed by atoms with E-state index in [2.05, 4.69) is 57.3 Å². The summed E-state index contributed by atoms with van der Waals surface area (Å²) in [6.45, 7) is 1.90. The van der Waals surface area contributed by atoms with Crippen LogP contribution in [0.2, 0.25) is 0 Å². The molecule has 2 nitrogen and oxygen atoms in total. The number of aryl methyl sites for hydroxylation is 1. The summed E-state index contributed by atoms with van der Waals surface area (Å²) in [5.74, 6) is -0.189. The van der Waals surface area contributed by atoms with Crippen molar-refractivity contribution in [2.75, 3.05) is 0 Å². The van der Waals surface area contributed by atoms with Crippen LogP contribution in [0.4, 0.5) is 4.39 Å². The lowest BCUT2D eigenvalue weighted by Gasteiger charge is -2.04. The molecule has 0 aliphatic carbocycles. The molecule has 6 rings (SSSR count). The van der Waals surface area contributed by atoms with E-state index in [0.717, 1.165) is 37.5 Å². The molecule has 0 unspecified atom stereocenters. The Kier molecular flexibility index (Phi) is 5.14. The maximum absolute atomic E-state index is 14.5. The first-order valence-corrected chi connectivity index (χ1v) is 12.8. The lowest BCUT2D eigenvalue weighted by atomic mass is 10.1. The Morgan fingerprint density at radius 3 is 1.79 bits per heavy atom. The molecule has 0 aliphatic rings. The Morgan fingerprint density at radius 1 is 0.606 bits per heavy atom. The summed E-state index contributed by atoms with van der Waals surface area (Å²) in [6.07, 6.45) is 0. The van der Waals surface area contributed by atoms with E-state index in [1.54, 1.807) is 28.7 Å². The highest BCUT2D eigenvalue weighted by atomic mass is 32.1. The molecule has 3 heterocycles. The van der Waals surface area contributed by atoms with Gasteiger partial charge in [0.05, 0.1) is 11.7 Å². The van der Waals surface area contributed by atoms with E-state index in [0.29, 0.717) is 5.56 Å². The topological polar surface area (TPSA) is 25.8 Å². The van der Waals surface area contributed by atoms with Gasteiger partial charge in [0.2, 0.25) is 0 Å². The highest BCUT2D eigenvalue weighted by Gasteiger charge is 2.17. The summed E-state index contributed by atoms with van der Waals surface area (Å²) in [6, 6.07) is 28.4. The third-order valence-corrected chi connectivity index (χ3v) is 8.45. The maximum atomic E-state index is 14.5. The second kappa shape index (κ2) is 8.30. The highest BCUT2D eigenvalue weighted by Crippen LogP contribution is 2.42. The molecule has 6 heteroatoms. The summed E-state index contributed by atoms with van der Waals surface area (Å²) in [4.78, 5) is 4.37. The largest absolute Gasteiger partial charge is 0.206 e. The molecule has 0 radical (unpaired) electrons. The third kappa shape index (κ3) is 3.70. The van der Waals surface area contributed by atoms with Crippen LogP contribution in [-0.2, 0) is 0 Å². The van der Waals surface area contributed by atoms with Crippen molar-refractivity contribution < 1.29 is 4.39 Å². The van der Waals surface area contributed by atoms with Gasteiger partial charge in [-0.2, -0.15) is 8.75 Å². The number of hydrogen-bond acceptors (Lipinski definition) is 5. The molecular formula is C27H17FN2S3. The summed E-state index contributed by atoms with van der Waals surface area (Å²) in [5.41, 5.74) is 6.70. The Morgan fingerprint density at radius 2 is 1.15 bits per heavy atom. The molecule has 0 spiro atoms. The summed E-state index contributed by atoms with van der Waals surface area (Å²) in [7, 11) is 0. The number of nitrogens with zero attached hydrogens (tertiary/aromatic N) is 2. The number of fused-ring (bicyclic) bond motifs is 1. The van der Waals surface area contributed by atoms with Crippen LogP contribution in [0.25, 0.3) is 52.8 Å². The Labute approximate surface area is 203 Å². The molecule has 160 valence electrons. The summed E-state index contributed by atoms with van der Waals surface area (Å²) in [5, 5.41) is 0. The van der Waals surface area contributed by atoms with E-state index in [4.69, 9.17) is 0 Å². The minimum absolute atomic E-state index is 0.189. The van der Waals surface area contributed by atoms with Gasteiger partial charge in [-0.25, -0.2) is 4.39 Å². The Bertz CT molecular complexity index is 1590. The van der Waals surface area contributed by atoms with Gasteiger partial charge in [-0.1, -0.05) is 54.6 Å². The van der Waals surface area contributed by atoms with Crippen LogP contribution in [-0.4, -0.2) is 8.75 Å². The average Bonchev–Trinajstić information content (AvgIpc) is 3.59. The van der Waals surface area contributed by atoms with E-state index in [-0.39, 0.29) is 5.82 Å². The lowest BCUT2D eigenvalue weighted by Crippen LogP contribution is -1.82. The van der Waals surface area contributed by atoms with Gasteiger partial charge in [0.15, 0.2) is 0 Å². The van der Waals surface area contributed by atoms with Gasteiger partial charge in [0.25, 0.3) is 0 Å². The van der Waals surface area contributed by atoms with Crippen LogP contribution < -0.4 is 0 Å². The van der Waals surface area contributed by atoms with Gasteiger partial charge in [0.1, 0.15) is 16.9 Å². The van der Waals surface area contributed by atoms with E-state index >= 15 is 0 Å². The van der Waals surface area contributed by atoms with Gasteiger partial charge in [0, 0.05) is 36.2 Å². The highest BCUT2D eigenvalue weighted by molar-refractivity contribution is 7.19. The van der Waals surface area contributed by atoms with Crippen molar-refractivity contribution in [1.29, 1.82) is 0 Å². The van der Waals surface area contributed by atoms with Crippen LogP contribution in [0, 0.1) is 12.7 Å². The number of hydrogen-bond donors (Lipinski definition) is 0. The molecule has 3 aromatic heterocycles. The van der Waals surface area contributed by atoms with Crippen molar-refractivity contribution in [2.24, 2.45) is 0 Å². The molecular weight excluding hydrogens is 468 g/mol. The molecule has 6 aromatic rings. The summed E-state index contributed by atoms with van der Waals surface area (Å²) < 4.78 is 23.8. The number of halogens is 1. The molecule has 0 atom stereocenters. The maximum Gasteiger partial charge on any atom is 0.132 e. The zero-order chi connectivity index (χ0) is 22.4. The normalized spacial score (nSPS) is 11.3. The molecule has 3 aromatic carbocycles. The van der Waals surface area contributed by atoms with Crippen molar-refractivity contribution in [2.45, 2.75) is 6.92 Å². The Hall–Kier alpha value is -3.19. The van der Waals surface area contributed by atoms with Crippen molar-refractivity contribution in [1.82, 2.24) is 8.75 Å². The molecule has 0 bridgehead atoms. The van der Waals surface area contributed by atoms with Crippen molar-refractivity contribution in [3.63, 3.8) is 0 Å². The minimum atomic E-state index is -0.189. The molecule has 0 amide bonds. The third-order valence-electron chi connectivity index (χ3n) is 5.61. The lowest BCUT2D eigenvalue weighted by molar-refractivity contribution is 0.630. The number of aromatic nitrogens is 2. The first-order chi connectivity index (χ1) is 16.2. The SMILES string of the molecule is Cc1ccc(-c2ccc(-c3ccc(-c4ccc(-c5ccccc5)s4)c4nsnc34)s2)c(F)c1. The molecule has 33 heavy (non-hydrogen) atoms. The zero-order valence-corrected chi connectivity index (χ0v) is 20.0. The van der Waals surface area contributed by atoms with Gasteiger partial charge in [-0.3, -0.25) is 0 Å². The van der Waals surface area contributed by atoms with Crippen LogP contribution in [0.5, 0.6) is 0 Å². The van der Waals surface area contributed by atoms with Crippen LogP contribution in [0.15, 0.2) is 84.9 Å². The fourth-order valence-corrected chi connectivity index (χ4v) is 6.62. The predicted molar refractivity (Wildman–Crippen MR) is 140 cm³/mol. The number of thiophene rings is 2. The molecule has 0 saturated heterocycles. The zero-order valence-electron chi connectivity index (χ0n) is 17.6. The second-order valence-corrected chi connectivity index (χ2v) is 10.5. The van der Waals surface area contributed by atoms with Gasteiger partial charge in [-0.05, 0) is 48.4 Å². The molecule has 0 fully saturated rings. The van der Waals surface area contributed by atoms with E-state index in [9.17, 15) is 4.39 Å². The second-order valence-electron chi connectivity index (χ2n) is 7.80. The fourth-order valence-electron chi connectivity index (χ4n) is 3.95. The first-order valence-electron chi connectivity index (χ1n) is 10.4. The first kappa shape index (κ1) is 20.4. The number of benzene rings is 3. The number of rotatable bonds is 4. The van der Waals surface area contributed by atoms with Gasteiger partial charge in [-0.15, -0.1) is 22.7 Å². The van der Waals surface area contributed by atoms with Gasteiger partial charge >= 0.3 is 0 Å². The molecule has 0 aliphatic heterocycles. The van der Waals surface area contributed by atoms with Gasteiger partial charge < -0.3 is 0 Å². The van der Waals surface area contributed by atoms with Crippen molar-refractivity contribution >= 4 is 45.4 Å². The quantitative estimate of drug-likeness (QED) is 0.250. The standard InChI is InChI=1S/C27H17FN2S3/c1-16-7-8-18(21(28)15-16)23-13-14-25(32-23)20-10-9-19(26-27(20)30-33-29-26)24-12-11-22(31-24)17-5-3-2-4-6-17/h2-15H,1H3. The molecule has 0 N–H and O–H groups in total. The minimum Gasteiger partial charge on any atom is -0.206 e. The van der Waals surface area contributed by atoms with E-state index < -0.39 is 0 Å². The van der Waals surface area contributed by atoms with Crippen molar-refractivity contribution in [3.05, 3.63) is 96.3 Å². The average molecular weight is 485 g/mol. The predicted octanol–water partition coefficient (Wildman–Crippen LogP) is 8.93.